The molecule has 132 valence electrons. The Morgan fingerprint density at radius 2 is 2.21 bits per heavy atom. The molecule has 24 heavy (non-hydrogen) atoms. The summed E-state index contributed by atoms with van der Waals surface area (Å²) in [6, 6.07) is 7.45. The third-order valence-corrected chi connectivity index (χ3v) is 4.74. The molecule has 0 aromatic heterocycles. The summed E-state index contributed by atoms with van der Waals surface area (Å²) in [5.41, 5.74) is 7.15. The molecular weight excluding hydrogens is 328 g/mol. The van der Waals surface area contributed by atoms with Gasteiger partial charge in [0.1, 0.15) is 0 Å². The number of hydrogen-bond acceptors (Lipinski definition) is 3. The van der Waals surface area contributed by atoms with Crippen LogP contribution in [0, 0.1) is 5.92 Å². The van der Waals surface area contributed by atoms with Crippen molar-refractivity contribution in [3.05, 3.63) is 29.8 Å². The molecule has 6 nitrogen and oxygen atoms in total. The number of anilines is 1. The fourth-order valence-electron chi connectivity index (χ4n) is 3.44. The molecular formula is C17H25ClN4O2. The van der Waals surface area contributed by atoms with Gasteiger partial charge in [-0.1, -0.05) is 6.07 Å². The van der Waals surface area contributed by atoms with Crippen LogP contribution >= 0.6 is 12.4 Å². The third kappa shape index (κ3) is 3.65. The molecule has 2 unspecified atom stereocenters. The molecule has 0 aliphatic carbocycles. The standard InChI is InChI=1S/C17H24N4O2.ClH/c1-12-8-13(10-18)11-21(12)16(22)14-4-2-5-15(9-14)20-7-3-6-19-17(20)23;/h2,4-5,9,12-13H,3,6-8,10-11,18H2,1H3,(H,19,23);1H. The van der Waals surface area contributed by atoms with Crippen LogP contribution in [0.25, 0.3) is 0 Å². The summed E-state index contributed by atoms with van der Waals surface area (Å²) in [6.45, 7) is 4.78. The first-order valence-corrected chi connectivity index (χ1v) is 8.26. The fraction of sp³-hybridized carbons (Fsp3) is 0.529. The largest absolute Gasteiger partial charge is 0.338 e. The van der Waals surface area contributed by atoms with E-state index < -0.39 is 0 Å². The topological polar surface area (TPSA) is 78.7 Å². The smallest absolute Gasteiger partial charge is 0.321 e. The molecule has 0 bridgehead atoms. The SMILES string of the molecule is CC1CC(CN)CN1C(=O)c1cccc(N2CCCNC2=O)c1.Cl. The van der Waals surface area contributed by atoms with E-state index >= 15 is 0 Å². The number of rotatable bonds is 3. The highest BCUT2D eigenvalue weighted by atomic mass is 35.5. The summed E-state index contributed by atoms with van der Waals surface area (Å²) in [4.78, 5) is 28.4. The first kappa shape index (κ1) is 18.5. The molecule has 0 radical (unpaired) electrons. The van der Waals surface area contributed by atoms with Crippen LogP contribution in [0.2, 0.25) is 0 Å². The lowest BCUT2D eigenvalue weighted by Crippen LogP contribution is -2.46. The van der Waals surface area contributed by atoms with Gasteiger partial charge >= 0.3 is 6.03 Å². The summed E-state index contributed by atoms with van der Waals surface area (Å²) >= 11 is 0. The minimum absolute atomic E-state index is 0. The summed E-state index contributed by atoms with van der Waals surface area (Å²) in [7, 11) is 0. The Bertz CT molecular complexity index is 610. The second-order valence-electron chi connectivity index (χ2n) is 6.43. The van der Waals surface area contributed by atoms with E-state index in [2.05, 4.69) is 12.2 Å². The van der Waals surface area contributed by atoms with Gasteiger partial charge in [0.2, 0.25) is 0 Å². The lowest BCUT2D eigenvalue weighted by molar-refractivity contribution is 0.0743. The van der Waals surface area contributed by atoms with Crippen molar-refractivity contribution >= 4 is 30.0 Å². The maximum atomic E-state index is 12.8. The fourth-order valence-corrected chi connectivity index (χ4v) is 3.44. The molecule has 2 atom stereocenters. The van der Waals surface area contributed by atoms with Crippen LogP contribution in [0.15, 0.2) is 24.3 Å². The zero-order valence-electron chi connectivity index (χ0n) is 13.9. The highest BCUT2D eigenvalue weighted by Crippen LogP contribution is 2.26. The number of carbonyl (C=O) groups excluding carboxylic acids is 2. The molecule has 7 heteroatoms. The minimum Gasteiger partial charge on any atom is -0.338 e. The van der Waals surface area contributed by atoms with E-state index in [1.54, 1.807) is 4.90 Å². The van der Waals surface area contributed by atoms with Crippen molar-refractivity contribution in [2.45, 2.75) is 25.8 Å². The second-order valence-corrected chi connectivity index (χ2v) is 6.43. The number of benzene rings is 1. The van der Waals surface area contributed by atoms with Gasteiger partial charge < -0.3 is 16.0 Å². The molecule has 0 spiro atoms. The molecule has 1 aromatic carbocycles. The molecule has 2 aliphatic rings. The monoisotopic (exact) mass is 352 g/mol. The zero-order chi connectivity index (χ0) is 16.4. The molecule has 2 aliphatic heterocycles. The molecule has 3 N–H and O–H groups in total. The predicted molar refractivity (Wildman–Crippen MR) is 96.7 cm³/mol. The van der Waals surface area contributed by atoms with E-state index in [0.29, 0.717) is 37.7 Å². The van der Waals surface area contributed by atoms with Crippen molar-refractivity contribution < 1.29 is 9.59 Å². The molecule has 2 heterocycles. The number of nitrogens with zero attached hydrogens (tertiary/aromatic N) is 2. The molecule has 2 saturated heterocycles. The van der Waals surface area contributed by atoms with Gasteiger partial charge in [0.05, 0.1) is 0 Å². The van der Waals surface area contributed by atoms with Crippen molar-refractivity contribution in [1.82, 2.24) is 10.2 Å². The Hall–Kier alpha value is -1.79. The van der Waals surface area contributed by atoms with Crippen molar-refractivity contribution in [2.75, 3.05) is 31.1 Å². The van der Waals surface area contributed by atoms with E-state index in [4.69, 9.17) is 5.73 Å². The van der Waals surface area contributed by atoms with Crippen LogP contribution in [0.3, 0.4) is 0 Å². The van der Waals surface area contributed by atoms with E-state index in [9.17, 15) is 9.59 Å². The summed E-state index contributed by atoms with van der Waals surface area (Å²) in [5, 5.41) is 2.83. The molecule has 3 rings (SSSR count). The second kappa shape index (κ2) is 7.85. The van der Waals surface area contributed by atoms with Gasteiger partial charge in [0, 0.05) is 36.9 Å². The number of carbonyl (C=O) groups is 2. The summed E-state index contributed by atoms with van der Waals surface area (Å²) in [6.07, 6.45) is 1.86. The normalized spacial score (nSPS) is 23.7. The Morgan fingerprint density at radius 3 is 2.88 bits per heavy atom. The van der Waals surface area contributed by atoms with E-state index in [1.165, 1.54) is 0 Å². The highest BCUT2D eigenvalue weighted by molar-refractivity contribution is 5.98. The maximum Gasteiger partial charge on any atom is 0.321 e. The lowest BCUT2D eigenvalue weighted by atomic mass is 10.1. The van der Waals surface area contributed by atoms with E-state index in [0.717, 1.165) is 18.5 Å². The third-order valence-electron chi connectivity index (χ3n) is 4.74. The van der Waals surface area contributed by atoms with Gasteiger partial charge in [-0.15, -0.1) is 12.4 Å². The lowest BCUT2D eigenvalue weighted by Gasteiger charge is -2.28. The number of likely N-dealkylation sites (tertiary alicyclic amines) is 1. The van der Waals surface area contributed by atoms with Crippen LogP contribution in [0.4, 0.5) is 10.5 Å². The van der Waals surface area contributed by atoms with Crippen LogP contribution in [-0.2, 0) is 0 Å². The molecule has 3 amide bonds. The summed E-state index contributed by atoms with van der Waals surface area (Å²) in [5.74, 6) is 0.401. The Kier molecular flexibility index (Phi) is 6.07. The molecule has 1 aromatic rings. The Labute approximate surface area is 148 Å². The van der Waals surface area contributed by atoms with Crippen molar-refractivity contribution in [2.24, 2.45) is 11.7 Å². The maximum absolute atomic E-state index is 12.8. The quantitative estimate of drug-likeness (QED) is 0.871. The highest BCUT2D eigenvalue weighted by Gasteiger charge is 2.32. The van der Waals surface area contributed by atoms with Gasteiger partial charge in [0.15, 0.2) is 0 Å². The van der Waals surface area contributed by atoms with Crippen molar-refractivity contribution in [3.8, 4) is 0 Å². The number of urea groups is 1. The molecule has 0 saturated carbocycles. The number of amides is 3. The van der Waals surface area contributed by atoms with Crippen LogP contribution in [-0.4, -0.2) is 49.1 Å². The van der Waals surface area contributed by atoms with E-state index in [1.807, 2.05) is 29.2 Å². The zero-order valence-corrected chi connectivity index (χ0v) is 14.7. The van der Waals surface area contributed by atoms with Gasteiger partial charge in [-0.3, -0.25) is 9.69 Å². The average molecular weight is 353 g/mol. The predicted octanol–water partition coefficient (Wildman–Crippen LogP) is 1.84. The van der Waals surface area contributed by atoms with Crippen molar-refractivity contribution in [3.63, 3.8) is 0 Å². The minimum atomic E-state index is -0.0985. The van der Waals surface area contributed by atoms with Gasteiger partial charge in [-0.05, 0) is 50.4 Å². The molecule has 2 fully saturated rings. The van der Waals surface area contributed by atoms with Crippen molar-refractivity contribution in [1.29, 1.82) is 0 Å². The van der Waals surface area contributed by atoms with Gasteiger partial charge in [-0.25, -0.2) is 4.79 Å². The van der Waals surface area contributed by atoms with Gasteiger partial charge in [-0.2, -0.15) is 0 Å². The first-order chi connectivity index (χ1) is 11.1. The first-order valence-electron chi connectivity index (χ1n) is 8.26. The van der Waals surface area contributed by atoms with E-state index in [-0.39, 0.29) is 30.4 Å². The number of nitrogens with two attached hydrogens (primary N) is 1. The Morgan fingerprint density at radius 1 is 1.42 bits per heavy atom. The average Bonchev–Trinajstić information content (AvgIpc) is 2.96. The number of hydrogen-bond donors (Lipinski definition) is 2. The van der Waals surface area contributed by atoms with Gasteiger partial charge in [0.25, 0.3) is 5.91 Å². The van der Waals surface area contributed by atoms with Crippen LogP contribution in [0.1, 0.15) is 30.1 Å². The van der Waals surface area contributed by atoms with Crippen LogP contribution in [0.5, 0.6) is 0 Å². The Balaban J connectivity index is 0.00000208. The number of halogens is 1. The summed E-state index contributed by atoms with van der Waals surface area (Å²) < 4.78 is 0. The number of nitrogens with one attached hydrogen (secondary N) is 1. The van der Waals surface area contributed by atoms with Crippen LogP contribution < -0.4 is 16.0 Å².